The van der Waals surface area contributed by atoms with Crippen LogP contribution in [0.3, 0.4) is 0 Å². The second-order valence-electron chi connectivity index (χ2n) is 12.9. The van der Waals surface area contributed by atoms with Crippen molar-refractivity contribution in [1.29, 1.82) is 0 Å². The zero-order valence-corrected chi connectivity index (χ0v) is 26.4. The molecule has 2 aromatic carbocycles. The van der Waals surface area contributed by atoms with Crippen LogP contribution in [0.1, 0.15) is 55.5 Å². The average molecular weight is 626 g/mol. The Balaban J connectivity index is 0.000000743. The lowest BCUT2D eigenvalue weighted by atomic mass is 9.59. The number of anilines is 1. The van der Waals surface area contributed by atoms with Gasteiger partial charge in [0.25, 0.3) is 0 Å². The Morgan fingerprint density at radius 1 is 0.933 bits per heavy atom. The molecule has 3 heterocycles. The van der Waals surface area contributed by atoms with Crippen molar-refractivity contribution in [3.8, 4) is 0 Å². The van der Waals surface area contributed by atoms with Gasteiger partial charge in [-0.3, -0.25) is 0 Å². The van der Waals surface area contributed by atoms with Crippen molar-refractivity contribution in [3.63, 3.8) is 0 Å². The molecule has 1 aliphatic carbocycles. The molecule has 0 unspecified atom stereocenters. The maximum atomic E-state index is 12.9. The number of nitrogens with two attached hydrogens (primary N) is 1. The van der Waals surface area contributed by atoms with Gasteiger partial charge >= 0.3 is 12.3 Å². The topological polar surface area (TPSA) is 76.6 Å². The summed E-state index contributed by atoms with van der Waals surface area (Å²) < 4.78 is 45.0. The third-order valence-electron chi connectivity index (χ3n) is 10.3. The first-order chi connectivity index (χ1) is 21.6. The first-order valence-corrected chi connectivity index (χ1v) is 16.1. The first kappa shape index (κ1) is 32.9. The van der Waals surface area contributed by atoms with Crippen molar-refractivity contribution in [2.24, 2.45) is 23.5 Å². The van der Waals surface area contributed by atoms with Gasteiger partial charge in [-0.15, -0.1) is 0 Å². The maximum absolute atomic E-state index is 12.9. The maximum Gasteiger partial charge on any atom is 0.416 e. The Morgan fingerprint density at radius 3 is 2.07 bits per heavy atom. The molecule has 3 aromatic rings. The first-order valence-electron chi connectivity index (χ1n) is 16.1. The molecule has 2 N–H and O–H groups in total. The lowest BCUT2D eigenvalue weighted by molar-refractivity contribution is -0.137. The second kappa shape index (κ2) is 14.3. The van der Waals surface area contributed by atoms with E-state index in [4.69, 9.17) is 0 Å². The second-order valence-corrected chi connectivity index (χ2v) is 12.9. The van der Waals surface area contributed by atoms with E-state index in [2.05, 4.69) is 73.3 Å². The number of aryl methyl sites for hydroxylation is 1. The van der Waals surface area contributed by atoms with Gasteiger partial charge in [0.05, 0.1) is 12.7 Å². The molecule has 1 saturated carbocycles. The summed E-state index contributed by atoms with van der Waals surface area (Å²) in [6.07, 6.45) is 6.76. The van der Waals surface area contributed by atoms with Crippen LogP contribution in [0.15, 0.2) is 67.0 Å². The number of alkyl halides is 3. The highest BCUT2D eigenvalue weighted by atomic mass is 19.4. The lowest BCUT2D eigenvalue weighted by Crippen LogP contribution is -2.54. The van der Waals surface area contributed by atoms with Gasteiger partial charge in [-0.2, -0.15) is 13.2 Å². The van der Waals surface area contributed by atoms with Crippen LogP contribution >= 0.6 is 0 Å². The number of ether oxygens (including phenoxy) is 1. The number of halogens is 3. The van der Waals surface area contributed by atoms with Crippen molar-refractivity contribution >= 4 is 11.8 Å². The molecule has 1 amide bonds. The van der Waals surface area contributed by atoms with Crippen LogP contribution in [0.4, 0.5) is 23.7 Å². The van der Waals surface area contributed by atoms with E-state index < -0.39 is 17.8 Å². The molecule has 0 spiro atoms. The number of imidazole rings is 1. The van der Waals surface area contributed by atoms with Crippen molar-refractivity contribution in [3.05, 3.63) is 83.9 Å². The Kier molecular flexibility index (Phi) is 10.4. The fourth-order valence-electron chi connectivity index (χ4n) is 7.95. The molecular weight excluding hydrogens is 579 g/mol. The van der Waals surface area contributed by atoms with E-state index in [1.807, 2.05) is 6.20 Å². The third kappa shape index (κ3) is 7.65. The van der Waals surface area contributed by atoms with Crippen LogP contribution in [0, 0.1) is 24.7 Å². The molecule has 2 saturated heterocycles. The number of piperidine rings is 1. The van der Waals surface area contributed by atoms with Gasteiger partial charge in [-0.25, -0.2) is 9.78 Å². The van der Waals surface area contributed by atoms with E-state index in [1.54, 1.807) is 12.1 Å². The number of benzene rings is 2. The standard InChI is InChI=1S/C33H41F3N4.C2H5NO2/c1-25-37-17-20-39(25)24-32(28-9-5-6-10-28,27-7-3-2-4-8-27)29-15-18-38(19-16-29)21-26-22-40(23-26)31-13-11-30(12-14-31)33(34,35)36;1-5-2(3)4/h2-4,7-8,11-14,17,20,26,28-29H,5-6,9-10,15-16,18-19,21-24H2,1H3;1H3,(H2,3,4)/t32-;/m0./s1. The van der Waals surface area contributed by atoms with E-state index in [0.717, 1.165) is 50.8 Å². The largest absolute Gasteiger partial charge is 0.453 e. The summed E-state index contributed by atoms with van der Waals surface area (Å²) in [6.45, 7) is 8.27. The smallest absolute Gasteiger partial charge is 0.416 e. The van der Waals surface area contributed by atoms with Gasteiger partial charge in [-0.05, 0) is 87.4 Å². The Bertz CT molecular complexity index is 1360. The zero-order chi connectivity index (χ0) is 32.0. The number of carbonyl (C=O) groups excluding carboxylic acids is 1. The van der Waals surface area contributed by atoms with Crippen LogP contribution in [-0.4, -0.2) is 60.4 Å². The van der Waals surface area contributed by atoms with Crippen molar-refractivity contribution in [1.82, 2.24) is 14.5 Å². The number of amides is 1. The zero-order valence-electron chi connectivity index (χ0n) is 26.4. The molecule has 2 aliphatic heterocycles. The summed E-state index contributed by atoms with van der Waals surface area (Å²) in [5.74, 6) is 2.98. The Labute approximate surface area is 264 Å². The molecule has 0 radical (unpaired) electrons. The van der Waals surface area contributed by atoms with Crippen molar-refractivity contribution < 1.29 is 22.7 Å². The van der Waals surface area contributed by atoms with Crippen molar-refractivity contribution in [2.75, 3.05) is 44.7 Å². The monoisotopic (exact) mass is 625 g/mol. The predicted molar refractivity (Wildman–Crippen MR) is 170 cm³/mol. The molecular formula is C35H46F3N5O2. The Hall–Kier alpha value is -3.53. The number of nitrogens with zero attached hydrogens (tertiary/aromatic N) is 4. The fraction of sp³-hybridized carbons (Fsp3) is 0.543. The van der Waals surface area contributed by atoms with E-state index in [9.17, 15) is 18.0 Å². The summed E-state index contributed by atoms with van der Waals surface area (Å²) in [5.41, 5.74) is 6.36. The minimum atomic E-state index is -4.28. The molecule has 3 aliphatic rings. The SMILES string of the molecule is COC(N)=O.Cc1nccn1C[C@](c1ccccc1)(C1CCCC1)C1CCN(CC2CN(c3ccc(C(F)(F)F)cc3)C2)CC1. The molecule has 3 fully saturated rings. The average Bonchev–Trinajstić information content (AvgIpc) is 3.71. The van der Waals surface area contributed by atoms with Crippen LogP contribution < -0.4 is 10.6 Å². The highest BCUT2D eigenvalue weighted by Crippen LogP contribution is 2.51. The molecule has 10 heteroatoms. The predicted octanol–water partition coefficient (Wildman–Crippen LogP) is 6.90. The summed E-state index contributed by atoms with van der Waals surface area (Å²) in [7, 11) is 1.22. The summed E-state index contributed by atoms with van der Waals surface area (Å²) in [5, 5.41) is 0. The molecule has 1 atom stereocenters. The van der Waals surface area contributed by atoms with E-state index in [-0.39, 0.29) is 5.41 Å². The van der Waals surface area contributed by atoms with Gasteiger partial charge in [0.2, 0.25) is 0 Å². The number of methoxy groups -OCH3 is 1. The minimum Gasteiger partial charge on any atom is -0.453 e. The highest BCUT2D eigenvalue weighted by molar-refractivity contribution is 5.64. The third-order valence-corrected chi connectivity index (χ3v) is 10.3. The molecule has 7 nitrogen and oxygen atoms in total. The van der Waals surface area contributed by atoms with E-state index >= 15 is 0 Å². The number of primary amides is 1. The van der Waals surface area contributed by atoms with E-state index in [0.29, 0.717) is 17.8 Å². The summed E-state index contributed by atoms with van der Waals surface area (Å²) in [4.78, 5) is 18.8. The normalized spacial score (nSPS) is 19.8. The summed E-state index contributed by atoms with van der Waals surface area (Å²) >= 11 is 0. The fourth-order valence-corrected chi connectivity index (χ4v) is 7.95. The van der Waals surface area contributed by atoms with Crippen molar-refractivity contribution in [2.45, 2.75) is 63.6 Å². The number of aromatic nitrogens is 2. The number of carbonyl (C=O) groups is 1. The van der Waals surface area contributed by atoms with Gasteiger partial charge in [0.1, 0.15) is 5.82 Å². The van der Waals surface area contributed by atoms with Gasteiger partial charge < -0.3 is 24.8 Å². The van der Waals surface area contributed by atoms with Gasteiger partial charge in [0.15, 0.2) is 0 Å². The number of rotatable bonds is 8. The summed E-state index contributed by atoms with van der Waals surface area (Å²) in [6, 6.07) is 16.9. The molecule has 0 bridgehead atoms. The number of hydrogen-bond donors (Lipinski definition) is 1. The van der Waals surface area contributed by atoms with Crippen LogP contribution in [-0.2, 0) is 22.9 Å². The Morgan fingerprint density at radius 2 is 1.53 bits per heavy atom. The highest BCUT2D eigenvalue weighted by Gasteiger charge is 2.48. The lowest BCUT2D eigenvalue weighted by Gasteiger charge is -2.50. The van der Waals surface area contributed by atoms with Crippen LogP contribution in [0.5, 0.6) is 0 Å². The van der Waals surface area contributed by atoms with Gasteiger partial charge in [0, 0.05) is 55.6 Å². The number of hydrogen-bond acceptors (Lipinski definition) is 5. The van der Waals surface area contributed by atoms with Crippen LogP contribution in [0.25, 0.3) is 0 Å². The van der Waals surface area contributed by atoms with E-state index in [1.165, 1.54) is 63.3 Å². The molecule has 244 valence electrons. The molecule has 6 rings (SSSR count). The molecule has 45 heavy (non-hydrogen) atoms. The van der Waals surface area contributed by atoms with Gasteiger partial charge in [-0.1, -0.05) is 43.2 Å². The minimum absolute atomic E-state index is 0.116. The quantitative estimate of drug-likeness (QED) is 0.295. The molecule has 1 aromatic heterocycles. The van der Waals surface area contributed by atoms with Crippen LogP contribution in [0.2, 0.25) is 0 Å². The number of likely N-dealkylation sites (tertiary alicyclic amines) is 1.